The van der Waals surface area contributed by atoms with Gasteiger partial charge < -0.3 is 10.5 Å². The fourth-order valence-corrected chi connectivity index (χ4v) is 2.36. The van der Waals surface area contributed by atoms with Crippen molar-refractivity contribution in [1.82, 2.24) is 0 Å². The van der Waals surface area contributed by atoms with Crippen molar-refractivity contribution in [2.45, 2.75) is 51.2 Å². The summed E-state index contributed by atoms with van der Waals surface area (Å²) >= 11 is 0. The second kappa shape index (κ2) is 5.50. The normalized spacial score (nSPS) is 18.3. The number of nitrogens with two attached hydrogens (primary N) is 1. The molecular weight excluding hydrogens is 217 g/mol. The van der Waals surface area contributed by atoms with E-state index in [0.29, 0.717) is 12.5 Å². The lowest BCUT2D eigenvalue weighted by molar-refractivity contribution is 0.207. The van der Waals surface area contributed by atoms with Gasteiger partial charge in [-0.15, -0.1) is 0 Å². The predicted molar refractivity (Wildman–Crippen MR) is 66.6 cm³/mol. The molecule has 94 valence electrons. The zero-order chi connectivity index (χ0) is 12.3. The zero-order valence-corrected chi connectivity index (χ0v) is 10.3. The zero-order valence-electron chi connectivity index (χ0n) is 10.3. The van der Waals surface area contributed by atoms with Crippen molar-refractivity contribution >= 4 is 0 Å². The van der Waals surface area contributed by atoms with Crippen LogP contribution < -0.4 is 10.5 Å². The summed E-state index contributed by atoms with van der Waals surface area (Å²) in [5.74, 6) is 0.579. The first-order valence-electron chi connectivity index (χ1n) is 6.36. The van der Waals surface area contributed by atoms with E-state index in [4.69, 9.17) is 10.5 Å². The van der Waals surface area contributed by atoms with Crippen molar-refractivity contribution in [2.24, 2.45) is 5.73 Å². The van der Waals surface area contributed by atoms with Crippen LogP contribution in [0.25, 0.3) is 0 Å². The minimum absolute atomic E-state index is 0.0164. The van der Waals surface area contributed by atoms with Gasteiger partial charge in [0.15, 0.2) is 0 Å². The van der Waals surface area contributed by atoms with E-state index in [1.165, 1.54) is 25.0 Å². The van der Waals surface area contributed by atoms with E-state index < -0.39 is 0 Å². The Bertz CT molecular complexity index is 372. The molecule has 3 heteroatoms. The molecule has 1 aromatic carbocycles. The third-order valence-electron chi connectivity index (χ3n) is 3.16. The van der Waals surface area contributed by atoms with Crippen LogP contribution in [0.4, 0.5) is 4.39 Å². The van der Waals surface area contributed by atoms with Crippen LogP contribution in [0.5, 0.6) is 5.75 Å². The van der Waals surface area contributed by atoms with Crippen molar-refractivity contribution in [1.29, 1.82) is 0 Å². The van der Waals surface area contributed by atoms with Crippen molar-refractivity contribution in [3.63, 3.8) is 0 Å². The van der Waals surface area contributed by atoms with Gasteiger partial charge in [-0.25, -0.2) is 4.39 Å². The van der Waals surface area contributed by atoms with Crippen LogP contribution in [-0.2, 0) is 6.42 Å². The number of benzene rings is 1. The number of hydrogen-bond donors (Lipinski definition) is 1. The van der Waals surface area contributed by atoms with Gasteiger partial charge in [-0.3, -0.25) is 0 Å². The highest BCUT2D eigenvalue weighted by molar-refractivity contribution is 5.34. The van der Waals surface area contributed by atoms with Gasteiger partial charge in [-0.05, 0) is 62.8 Å². The molecule has 2 N–H and O–H groups in total. The lowest BCUT2D eigenvalue weighted by atomic mass is 10.1. The summed E-state index contributed by atoms with van der Waals surface area (Å²) in [7, 11) is 0. The summed E-state index contributed by atoms with van der Waals surface area (Å²) < 4.78 is 19.2. The maximum absolute atomic E-state index is 13.2. The van der Waals surface area contributed by atoms with Crippen molar-refractivity contribution in [3.8, 4) is 5.75 Å². The Morgan fingerprint density at radius 1 is 1.41 bits per heavy atom. The van der Waals surface area contributed by atoms with E-state index >= 15 is 0 Å². The van der Waals surface area contributed by atoms with E-state index in [-0.39, 0.29) is 11.9 Å². The first-order chi connectivity index (χ1) is 8.15. The Morgan fingerprint density at radius 2 is 2.12 bits per heavy atom. The van der Waals surface area contributed by atoms with Gasteiger partial charge in [0.2, 0.25) is 0 Å². The molecule has 2 rings (SSSR count). The topological polar surface area (TPSA) is 35.2 Å². The molecule has 1 saturated carbocycles. The standard InChI is InChI=1S/C14H20FNO/c1-10(16)8-11-9-12(15)6-7-14(11)17-13-4-2-3-5-13/h6-7,9-10,13H,2-5,8,16H2,1H3. The summed E-state index contributed by atoms with van der Waals surface area (Å²) in [5, 5.41) is 0. The van der Waals surface area contributed by atoms with Crippen molar-refractivity contribution in [2.75, 3.05) is 0 Å². The molecule has 1 fully saturated rings. The highest BCUT2D eigenvalue weighted by Gasteiger charge is 2.18. The molecule has 17 heavy (non-hydrogen) atoms. The van der Waals surface area contributed by atoms with Gasteiger partial charge in [-0.2, -0.15) is 0 Å². The Hall–Kier alpha value is -1.09. The third kappa shape index (κ3) is 3.43. The Morgan fingerprint density at radius 3 is 2.76 bits per heavy atom. The van der Waals surface area contributed by atoms with Gasteiger partial charge in [0, 0.05) is 6.04 Å². The first kappa shape index (κ1) is 12.4. The molecule has 2 nitrogen and oxygen atoms in total. The highest BCUT2D eigenvalue weighted by atomic mass is 19.1. The van der Waals surface area contributed by atoms with E-state index in [1.54, 1.807) is 6.07 Å². The minimum atomic E-state index is -0.223. The quantitative estimate of drug-likeness (QED) is 0.873. The van der Waals surface area contributed by atoms with Crippen LogP contribution in [0.15, 0.2) is 18.2 Å². The van der Waals surface area contributed by atoms with Crippen molar-refractivity contribution < 1.29 is 9.13 Å². The molecule has 0 aromatic heterocycles. The van der Waals surface area contributed by atoms with Crippen LogP contribution in [0.1, 0.15) is 38.2 Å². The Kier molecular flexibility index (Phi) is 4.00. The molecule has 0 radical (unpaired) electrons. The van der Waals surface area contributed by atoms with Gasteiger partial charge in [0.25, 0.3) is 0 Å². The fourth-order valence-electron chi connectivity index (χ4n) is 2.36. The van der Waals surface area contributed by atoms with Gasteiger partial charge in [0.1, 0.15) is 11.6 Å². The molecule has 0 amide bonds. The molecule has 1 aliphatic rings. The predicted octanol–water partition coefficient (Wildman–Crippen LogP) is 3.04. The maximum Gasteiger partial charge on any atom is 0.123 e. The van der Waals surface area contributed by atoms with Crippen LogP contribution in [0.2, 0.25) is 0 Å². The summed E-state index contributed by atoms with van der Waals surface area (Å²) in [6, 6.07) is 4.73. The lowest BCUT2D eigenvalue weighted by Crippen LogP contribution is -2.19. The van der Waals surface area contributed by atoms with Gasteiger partial charge in [-0.1, -0.05) is 0 Å². The fraction of sp³-hybridized carbons (Fsp3) is 0.571. The number of ether oxygens (including phenoxy) is 1. The Labute approximate surface area is 102 Å². The molecule has 0 saturated heterocycles. The largest absolute Gasteiger partial charge is 0.490 e. The van der Waals surface area contributed by atoms with E-state index in [2.05, 4.69) is 0 Å². The molecule has 1 unspecified atom stereocenters. The number of rotatable bonds is 4. The molecular formula is C14H20FNO. The summed E-state index contributed by atoms with van der Waals surface area (Å²) in [6.45, 7) is 1.92. The average molecular weight is 237 g/mol. The summed E-state index contributed by atoms with van der Waals surface area (Å²) in [5.41, 5.74) is 6.65. The smallest absolute Gasteiger partial charge is 0.123 e. The summed E-state index contributed by atoms with van der Waals surface area (Å²) in [6.07, 6.45) is 5.62. The van der Waals surface area contributed by atoms with Crippen LogP contribution in [-0.4, -0.2) is 12.1 Å². The average Bonchev–Trinajstić information content (AvgIpc) is 2.74. The van der Waals surface area contributed by atoms with E-state index in [9.17, 15) is 4.39 Å². The van der Waals surface area contributed by atoms with Crippen LogP contribution >= 0.6 is 0 Å². The highest BCUT2D eigenvalue weighted by Crippen LogP contribution is 2.27. The molecule has 0 spiro atoms. The van der Waals surface area contributed by atoms with E-state index in [1.807, 2.05) is 6.92 Å². The molecule has 0 heterocycles. The van der Waals surface area contributed by atoms with Gasteiger partial charge >= 0.3 is 0 Å². The van der Waals surface area contributed by atoms with Crippen LogP contribution in [0, 0.1) is 5.82 Å². The SMILES string of the molecule is CC(N)Cc1cc(F)ccc1OC1CCCC1. The molecule has 1 aromatic rings. The summed E-state index contributed by atoms with van der Waals surface area (Å²) in [4.78, 5) is 0. The second-order valence-corrected chi connectivity index (χ2v) is 4.96. The maximum atomic E-state index is 13.2. The second-order valence-electron chi connectivity index (χ2n) is 4.96. The number of halogens is 1. The van der Waals surface area contributed by atoms with Gasteiger partial charge in [0.05, 0.1) is 6.10 Å². The Balaban J connectivity index is 2.13. The lowest BCUT2D eigenvalue weighted by Gasteiger charge is -2.17. The molecule has 1 atom stereocenters. The molecule has 0 bridgehead atoms. The minimum Gasteiger partial charge on any atom is -0.490 e. The first-order valence-corrected chi connectivity index (χ1v) is 6.36. The monoisotopic (exact) mass is 237 g/mol. The molecule has 1 aliphatic carbocycles. The van der Waals surface area contributed by atoms with Crippen LogP contribution in [0.3, 0.4) is 0 Å². The number of hydrogen-bond acceptors (Lipinski definition) is 2. The third-order valence-corrected chi connectivity index (χ3v) is 3.16. The van der Waals surface area contributed by atoms with Crippen molar-refractivity contribution in [3.05, 3.63) is 29.6 Å². The van der Waals surface area contributed by atoms with E-state index in [0.717, 1.165) is 24.2 Å². The molecule has 0 aliphatic heterocycles.